The minimum absolute atomic E-state index is 0.164. The normalized spacial score (nSPS) is 10.2. The average Bonchev–Trinajstić information content (AvgIpc) is 2.27. The zero-order valence-corrected chi connectivity index (χ0v) is 10.6. The van der Waals surface area contributed by atoms with Crippen LogP contribution < -0.4 is 7.22 Å². The van der Waals surface area contributed by atoms with E-state index in [0.29, 0.717) is 0 Å². The molecule has 4 heteroatoms. The molecule has 2 rings (SSSR count). The van der Waals surface area contributed by atoms with E-state index in [4.69, 9.17) is 5.11 Å². The van der Waals surface area contributed by atoms with Crippen molar-refractivity contribution in [1.29, 1.82) is 0 Å². The van der Waals surface area contributed by atoms with Crippen LogP contribution in [0.4, 0.5) is 0 Å². The van der Waals surface area contributed by atoms with E-state index in [0.717, 1.165) is 7.22 Å². The Morgan fingerprint density at radius 1 is 0.750 bits per heavy atom. The van der Waals surface area contributed by atoms with Gasteiger partial charge in [0.05, 0.1) is 0 Å². The maximum absolute atomic E-state index is 9.62. The summed E-state index contributed by atoms with van der Waals surface area (Å²) in [6, 6.07) is 11.5. The van der Waals surface area contributed by atoms with Crippen molar-refractivity contribution in [2.45, 2.75) is 0 Å². The van der Waals surface area contributed by atoms with Crippen LogP contribution in [0.1, 0.15) is 0 Å². The molecule has 0 fully saturated rings. The summed E-state index contributed by atoms with van der Waals surface area (Å²) in [4.78, 5) is 0. The van der Waals surface area contributed by atoms with Crippen molar-refractivity contribution in [3.8, 4) is 17.2 Å². The molecule has 2 aromatic rings. The number of hydrogen-bond donors (Lipinski definition) is 3. The molecule has 0 aromatic heterocycles. The van der Waals surface area contributed by atoms with E-state index in [1.807, 2.05) is 12.1 Å². The maximum atomic E-state index is 9.62. The topological polar surface area (TPSA) is 60.7 Å². The van der Waals surface area contributed by atoms with Gasteiger partial charge in [0.1, 0.15) is 0 Å². The van der Waals surface area contributed by atoms with E-state index in [1.165, 1.54) is 12.1 Å². The van der Waals surface area contributed by atoms with Crippen LogP contribution in [0.15, 0.2) is 42.5 Å². The molecule has 0 atom stereocenters. The summed E-state index contributed by atoms with van der Waals surface area (Å²) in [5.41, 5.74) is 0. The molecule has 0 bridgehead atoms. The number of hydrogen-bond acceptors (Lipinski definition) is 3. The van der Waals surface area contributed by atoms with Crippen molar-refractivity contribution < 1.29 is 15.3 Å². The van der Waals surface area contributed by atoms with E-state index >= 15 is 0 Å². The zero-order chi connectivity index (χ0) is 11.5. The monoisotopic (exact) mass is 332 g/mol. The standard InChI is InChI=1S/C12H10O3Te/c13-8-1-4-10(5-2-8)16-12-7-9(14)3-6-11(12)15/h1-7,13-15H. The van der Waals surface area contributed by atoms with Crippen LogP contribution in [0, 0.1) is 0 Å². The summed E-state index contributed by atoms with van der Waals surface area (Å²) in [7, 11) is 0. The van der Waals surface area contributed by atoms with E-state index in [2.05, 4.69) is 0 Å². The summed E-state index contributed by atoms with van der Waals surface area (Å²) in [5, 5.41) is 28.1. The third kappa shape index (κ3) is 2.60. The van der Waals surface area contributed by atoms with Crippen molar-refractivity contribution in [3.63, 3.8) is 0 Å². The van der Waals surface area contributed by atoms with Gasteiger partial charge in [-0.3, -0.25) is 0 Å². The molecule has 0 aliphatic heterocycles. The molecule has 3 nitrogen and oxygen atoms in total. The van der Waals surface area contributed by atoms with Crippen molar-refractivity contribution in [3.05, 3.63) is 42.5 Å². The van der Waals surface area contributed by atoms with Crippen molar-refractivity contribution >= 4 is 28.1 Å². The predicted molar refractivity (Wildman–Crippen MR) is 62.9 cm³/mol. The number of rotatable bonds is 2. The second-order valence-corrected chi connectivity index (χ2v) is 6.43. The van der Waals surface area contributed by atoms with Gasteiger partial charge < -0.3 is 0 Å². The Morgan fingerprint density at radius 2 is 1.38 bits per heavy atom. The quantitative estimate of drug-likeness (QED) is 0.554. The number of aromatic hydroxyl groups is 3. The first-order valence-corrected chi connectivity index (χ1v) is 6.97. The third-order valence-corrected chi connectivity index (χ3v) is 5.02. The first-order valence-electron chi connectivity index (χ1n) is 4.64. The molecule has 82 valence electrons. The van der Waals surface area contributed by atoms with Gasteiger partial charge in [0.15, 0.2) is 0 Å². The van der Waals surface area contributed by atoms with Crippen LogP contribution in [0.2, 0.25) is 0 Å². The van der Waals surface area contributed by atoms with Gasteiger partial charge in [-0.25, -0.2) is 0 Å². The molecule has 0 amide bonds. The van der Waals surface area contributed by atoms with Crippen LogP contribution in [0.5, 0.6) is 17.2 Å². The number of phenolic OH excluding ortho intramolecular Hbond substituents is 3. The molecule has 2 aromatic carbocycles. The first kappa shape index (κ1) is 11.1. The molecular formula is C12H10O3Te. The van der Waals surface area contributed by atoms with E-state index in [1.54, 1.807) is 18.2 Å². The van der Waals surface area contributed by atoms with Crippen molar-refractivity contribution in [2.75, 3.05) is 0 Å². The van der Waals surface area contributed by atoms with Crippen molar-refractivity contribution in [1.82, 2.24) is 0 Å². The number of phenols is 3. The van der Waals surface area contributed by atoms with E-state index < -0.39 is 20.9 Å². The summed E-state index contributed by atoms with van der Waals surface area (Å²) in [5.74, 6) is 0.612. The Bertz CT molecular complexity index is 494. The molecule has 0 aliphatic carbocycles. The van der Waals surface area contributed by atoms with Crippen molar-refractivity contribution in [2.24, 2.45) is 0 Å². The molecule has 0 radical (unpaired) electrons. The van der Waals surface area contributed by atoms with Gasteiger partial charge in [-0.05, 0) is 0 Å². The summed E-state index contributed by atoms with van der Waals surface area (Å²) in [6.45, 7) is 0. The second-order valence-electron chi connectivity index (χ2n) is 3.25. The first-order chi connectivity index (χ1) is 7.65. The van der Waals surface area contributed by atoms with Crippen LogP contribution >= 0.6 is 0 Å². The molecule has 16 heavy (non-hydrogen) atoms. The minimum atomic E-state index is -0.736. The van der Waals surface area contributed by atoms with Crippen LogP contribution in [0.25, 0.3) is 0 Å². The molecule has 0 unspecified atom stereocenters. The van der Waals surface area contributed by atoms with Gasteiger partial charge in [-0.15, -0.1) is 0 Å². The van der Waals surface area contributed by atoms with Gasteiger partial charge in [0, 0.05) is 0 Å². The van der Waals surface area contributed by atoms with Gasteiger partial charge in [-0.2, -0.15) is 0 Å². The Labute approximate surface area is 103 Å². The molecule has 0 saturated carbocycles. The summed E-state index contributed by atoms with van der Waals surface area (Å²) < 4.78 is 1.88. The zero-order valence-electron chi connectivity index (χ0n) is 8.29. The van der Waals surface area contributed by atoms with Crippen LogP contribution in [0.3, 0.4) is 0 Å². The fourth-order valence-electron chi connectivity index (χ4n) is 1.23. The van der Waals surface area contributed by atoms with Gasteiger partial charge in [0.2, 0.25) is 0 Å². The van der Waals surface area contributed by atoms with Gasteiger partial charge in [0.25, 0.3) is 0 Å². The van der Waals surface area contributed by atoms with E-state index in [9.17, 15) is 10.2 Å². The Morgan fingerprint density at radius 3 is 2.06 bits per heavy atom. The second kappa shape index (κ2) is 4.65. The Hall–Kier alpha value is -1.37. The SMILES string of the molecule is Oc1ccc([Te]c2cc(O)ccc2O)cc1. The van der Waals surface area contributed by atoms with E-state index in [-0.39, 0.29) is 17.2 Å². The predicted octanol–water partition coefficient (Wildman–Crippen LogP) is 0.458. The van der Waals surface area contributed by atoms with Gasteiger partial charge >= 0.3 is 103 Å². The van der Waals surface area contributed by atoms with Crippen LogP contribution in [-0.2, 0) is 0 Å². The molecule has 0 aliphatic rings. The molecule has 0 saturated heterocycles. The fourth-order valence-corrected chi connectivity index (χ4v) is 3.73. The molecule has 0 heterocycles. The fraction of sp³-hybridized carbons (Fsp3) is 0. The van der Waals surface area contributed by atoms with Gasteiger partial charge in [-0.1, -0.05) is 0 Å². The summed E-state index contributed by atoms with van der Waals surface area (Å²) in [6.07, 6.45) is 0. The van der Waals surface area contributed by atoms with Crippen LogP contribution in [-0.4, -0.2) is 36.2 Å². The average molecular weight is 330 g/mol. The molecular weight excluding hydrogens is 320 g/mol. The molecule has 3 N–H and O–H groups in total. The Kier molecular flexibility index (Phi) is 3.23. The summed E-state index contributed by atoms with van der Waals surface area (Å²) >= 11 is -0.736. The third-order valence-electron chi connectivity index (χ3n) is 2.01. The Balaban J connectivity index is 2.26. The number of benzene rings is 2. The molecule has 0 spiro atoms.